The number of hydrogen-bond acceptors (Lipinski definition) is 2. The SMILES string of the molecule is O=C(O[C@@H](C[NH+]1CCCCC1)C(F)(F)F)c1cccc(C(F)(F)F)c1. The van der Waals surface area contributed by atoms with Gasteiger partial charge < -0.3 is 9.64 Å². The summed E-state index contributed by atoms with van der Waals surface area (Å²) in [6.45, 7) is 0.662. The number of hydrogen-bond donors (Lipinski definition) is 1. The van der Waals surface area contributed by atoms with Gasteiger partial charge in [0.1, 0.15) is 6.54 Å². The molecule has 140 valence electrons. The number of nitrogens with one attached hydrogen (secondary N) is 1. The Hall–Kier alpha value is -1.77. The average Bonchev–Trinajstić information content (AvgIpc) is 2.53. The summed E-state index contributed by atoms with van der Waals surface area (Å²) < 4.78 is 81.9. The van der Waals surface area contributed by atoms with E-state index in [9.17, 15) is 31.1 Å². The number of piperidine rings is 1. The van der Waals surface area contributed by atoms with Crippen LogP contribution in [0.15, 0.2) is 24.3 Å². The van der Waals surface area contributed by atoms with Crippen LogP contribution < -0.4 is 4.90 Å². The van der Waals surface area contributed by atoms with Crippen molar-refractivity contribution in [3.05, 3.63) is 35.4 Å². The van der Waals surface area contributed by atoms with Gasteiger partial charge in [0.15, 0.2) is 0 Å². The Kier molecular flexibility index (Phi) is 5.97. The van der Waals surface area contributed by atoms with E-state index in [0.29, 0.717) is 24.1 Å². The molecule has 0 saturated carbocycles. The van der Waals surface area contributed by atoms with Crippen molar-refractivity contribution in [2.45, 2.75) is 37.7 Å². The first-order valence-corrected chi connectivity index (χ1v) is 7.86. The largest absolute Gasteiger partial charge is 0.443 e. The minimum absolute atomic E-state index is 0.436. The van der Waals surface area contributed by atoms with Crippen LogP contribution in [0.2, 0.25) is 0 Å². The first-order valence-electron chi connectivity index (χ1n) is 7.86. The van der Waals surface area contributed by atoms with Crippen LogP contribution in [0.3, 0.4) is 0 Å². The summed E-state index contributed by atoms with van der Waals surface area (Å²) in [6.07, 6.45) is -9.28. The van der Waals surface area contributed by atoms with Crippen molar-refractivity contribution >= 4 is 5.97 Å². The normalized spacial score (nSPS) is 18.0. The van der Waals surface area contributed by atoms with Crippen LogP contribution in [0.1, 0.15) is 35.2 Å². The van der Waals surface area contributed by atoms with Gasteiger partial charge in [0.05, 0.1) is 24.2 Å². The summed E-state index contributed by atoms with van der Waals surface area (Å²) in [7, 11) is 0. The van der Waals surface area contributed by atoms with E-state index in [0.717, 1.165) is 37.5 Å². The molecule has 1 heterocycles. The number of alkyl halides is 6. The lowest BCUT2D eigenvalue weighted by atomic mass is 10.1. The molecule has 1 aliphatic rings. The molecule has 1 saturated heterocycles. The van der Waals surface area contributed by atoms with Gasteiger partial charge in [-0.15, -0.1) is 0 Å². The minimum atomic E-state index is -4.78. The Morgan fingerprint density at radius 2 is 1.72 bits per heavy atom. The number of esters is 1. The number of ether oxygens (including phenoxy) is 1. The zero-order valence-corrected chi connectivity index (χ0v) is 13.2. The molecule has 1 fully saturated rings. The zero-order valence-electron chi connectivity index (χ0n) is 13.2. The van der Waals surface area contributed by atoms with Gasteiger partial charge in [0.25, 0.3) is 0 Å². The topological polar surface area (TPSA) is 30.7 Å². The van der Waals surface area contributed by atoms with E-state index in [2.05, 4.69) is 4.74 Å². The van der Waals surface area contributed by atoms with Crippen LogP contribution in [-0.4, -0.2) is 37.9 Å². The number of benzene rings is 1. The molecule has 9 heteroatoms. The fourth-order valence-corrected chi connectivity index (χ4v) is 2.76. The van der Waals surface area contributed by atoms with Crippen molar-refractivity contribution in [2.24, 2.45) is 0 Å². The predicted molar refractivity (Wildman–Crippen MR) is 76.1 cm³/mol. The highest BCUT2D eigenvalue weighted by Crippen LogP contribution is 2.30. The van der Waals surface area contributed by atoms with E-state index in [4.69, 9.17) is 0 Å². The van der Waals surface area contributed by atoms with Crippen molar-refractivity contribution in [1.82, 2.24) is 0 Å². The summed E-state index contributed by atoms with van der Waals surface area (Å²) in [6, 6.07) is 3.18. The van der Waals surface area contributed by atoms with E-state index >= 15 is 0 Å². The van der Waals surface area contributed by atoms with Gasteiger partial charge in [-0.25, -0.2) is 4.79 Å². The van der Waals surface area contributed by atoms with Gasteiger partial charge in [-0.1, -0.05) is 6.07 Å². The van der Waals surface area contributed by atoms with Gasteiger partial charge >= 0.3 is 18.3 Å². The first-order chi connectivity index (χ1) is 11.6. The molecule has 0 radical (unpaired) electrons. The van der Waals surface area contributed by atoms with Gasteiger partial charge in [-0.3, -0.25) is 0 Å². The van der Waals surface area contributed by atoms with Gasteiger partial charge in [-0.05, 0) is 37.5 Å². The van der Waals surface area contributed by atoms with Crippen LogP contribution in [0.25, 0.3) is 0 Å². The second-order valence-corrected chi connectivity index (χ2v) is 6.03. The molecule has 2 rings (SSSR count). The van der Waals surface area contributed by atoms with Crippen molar-refractivity contribution in [2.75, 3.05) is 19.6 Å². The van der Waals surface area contributed by atoms with E-state index in [-0.39, 0.29) is 0 Å². The molecule has 1 aromatic rings. The van der Waals surface area contributed by atoms with Crippen LogP contribution >= 0.6 is 0 Å². The smallest absolute Gasteiger partial charge is 0.431 e. The molecular formula is C16H18F6NO2+. The van der Waals surface area contributed by atoms with Crippen molar-refractivity contribution in [1.29, 1.82) is 0 Å². The van der Waals surface area contributed by atoms with Crippen molar-refractivity contribution in [3.8, 4) is 0 Å². The second kappa shape index (κ2) is 7.63. The molecule has 0 aromatic heterocycles. The zero-order chi connectivity index (χ0) is 18.7. The monoisotopic (exact) mass is 370 g/mol. The third-order valence-electron chi connectivity index (χ3n) is 4.07. The second-order valence-electron chi connectivity index (χ2n) is 6.03. The highest BCUT2D eigenvalue weighted by atomic mass is 19.4. The molecule has 1 N–H and O–H groups in total. The van der Waals surface area contributed by atoms with Crippen molar-refractivity contribution in [3.63, 3.8) is 0 Å². The number of quaternary nitrogens is 1. The van der Waals surface area contributed by atoms with Crippen LogP contribution in [0.4, 0.5) is 26.3 Å². The minimum Gasteiger partial charge on any atom is -0.443 e. The maximum Gasteiger partial charge on any atom is 0.431 e. The Bertz CT molecular complexity index is 593. The Labute approximate surface area is 140 Å². The third kappa shape index (κ3) is 5.62. The highest BCUT2D eigenvalue weighted by Gasteiger charge is 2.46. The summed E-state index contributed by atoms with van der Waals surface area (Å²) in [4.78, 5) is 12.6. The van der Waals surface area contributed by atoms with Crippen molar-refractivity contribution < 1.29 is 40.8 Å². The number of likely N-dealkylation sites (tertiary alicyclic amines) is 1. The van der Waals surface area contributed by atoms with Gasteiger partial charge in [-0.2, -0.15) is 26.3 Å². The maximum absolute atomic E-state index is 13.1. The lowest BCUT2D eigenvalue weighted by molar-refractivity contribution is -0.909. The molecule has 1 aromatic carbocycles. The highest BCUT2D eigenvalue weighted by molar-refractivity contribution is 5.89. The number of rotatable bonds is 4. The van der Waals surface area contributed by atoms with Crippen LogP contribution in [0, 0.1) is 0 Å². The van der Waals surface area contributed by atoms with Crippen LogP contribution in [0.5, 0.6) is 0 Å². The molecule has 0 unspecified atom stereocenters. The molecule has 25 heavy (non-hydrogen) atoms. The lowest BCUT2D eigenvalue weighted by Crippen LogP contribution is -3.14. The Morgan fingerprint density at radius 1 is 1.08 bits per heavy atom. The fourth-order valence-electron chi connectivity index (χ4n) is 2.76. The quantitative estimate of drug-likeness (QED) is 0.653. The molecule has 0 bridgehead atoms. The van der Waals surface area contributed by atoms with E-state index < -0.39 is 42.1 Å². The van der Waals surface area contributed by atoms with E-state index in [1.807, 2.05) is 0 Å². The Morgan fingerprint density at radius 3 is 2.28 bits per heavy atom. The molecular weight excluding hydrogens is 352 g/mol. The number of carbonyl (C=O) groups is 1. The van der Waals surface area contributed by atoms with Gasteiger partial charge in [0, 0.05) is 0 Å². The summed E-state index contributed by atoms with van der Waals surface area (Å²) >= 11 is 0. The molecule has 1 aliphatic heterocycles. The number of carbonyl (C=O) groups excluding carboxylic acids is 1. The standard InChI is InChI=1S/C16H17F6NO2/c17-15(18,19)12-6-4-5-11(9-12)14(24)25-13(16(20,21)22)10-23-7-2-1-3-8-23/h4-6,9,13H,1-3,7-8,10H2/p+1/t13-/m0/s1. The molecule has 0 amide bonds. The van der Waals surface area contributed by atoms with E-state index in [1.54, 1.807) is 0 Å². The average molecular weight is 370 g/mol. The molecule has 0 aliphatic carbocycles. The van der Waals surface area contributed by atoms with E-state index in [1.165, 1.54) is 0 Å². The van der Waals surface area contributed by atoms with Gasteiger partial charge in [0.2, 0.25) is 6.10 Å². The first kappa shape index (κ1) is 19.6. The lowest BCUT2D eigenvalue weighted by Gasteiger charge is -2.28. The molecule has 1 atom stereocenters. The third-order valence-corrected chi connectivity index (χ3v) is 4.07. The summed E-state index contributed by atoms with van der Waals surface area (Å²) in [5.74, 6) is -1.41. The van der Waals surface area contributed by atoms with Crippen LogP contribution in [-0.2, 0) is 10.9 Å². The molecule has 3 nitrogen and oxygen atoms in total. The maximum atomic E-state index is 13.1. The fraction of sp³-hybridized carbons (Fsp3) is 0.562. The number of halogens is 6. The molecule has 0 spiro atoms. The Balaban J connectivity index is 2.11. The predicted octanol–water partition coefficient (Wildman–Crippen LogP) is 2.86. The summed E-state index contributed by atoms with van der Waals surface area (Å²) in [5.41, 5.74) is -1.68. The summed E-state index contributed by atoms with van der Waals surface area (Å²) in [5, 5.41) is 0.